The number of Topliss-reactive ketones (excluding diaryl/α,β-unsaturated/α-hetero) is 1. The molecule has 6 nitrogen and oxygen atoms in total. The van der Waals surface area contributed by atoms with Gasteiger partial charge in [0.25, 0.3) is 0 Å². The predicted molar refractivity (Wildman–Crippen MR) is 107 cm³/mol. The highest BCUT2D eigenvalue weighted by Gasteiger charge is 2.23. The van der Waals surface area contributed by atoms with Crippen molar-refractivity contribution in [2.45, 2.75) is 19.4 Å². The summed E-state index contributed by atoms with van der Waals surface area (Å²) < 4.78 is 12.6. The van der Waals surface area contributed by atoms with Crippen molar-refractivity contribution in [1.82, 2.24) is 19.9 Å². The number of alkyl halides is 1. The highest BCUT2D eigenvalue weighted by atomic mass is 32.1. The lowest BCUT2D eigenvalue weighted by molar-refractivity contribution is 0.0991. The zero-order valence-electron chi connectivity index (χ0n) is 15.3. The SMILES string of the molecule is Nc1ccc(-c2cccnc2)nc1CC(=O)c1nc2c(s1)CCN(CCF)C2. The maximum absolute atomic E-state index is 12.8. The first-order chi connectivity index (χ1) is 13.6. The Balaban J connectivity index is 1.53. The number of nitrogens with zero attached hydrogens (tertiary/aromatic N) is 4. The molecule has 4 heterocycles. The van der Waals surface area contributed by atoms with E-state index in [-0.39, 0.29) is 18.9 Å². The standard InChI is InChI=1S/C20H20FN5OS/c21-6-9-26-8-5-19-17(12-26)25-20(28-19)18(27)10-16-14(22)3-4-15(24-16)13-2-1-7-23-11-13/h1-4,7,11H,5-6,8-10,12,22H2. The lowest BCUT2D eigenvalue weighted by Crippen LogP contribution is -2.31. The zero-order valence-corrected chi connectivity index (χ0v) is 16.1. The monoisotopic (exact) mass is 397 g/mol. The largest absolute Gasteiger partial charge is 0.397 e. The summed E-state index contributed by atoms with van der Waals surface area (Å²) in [5.41, 5.74) is 9.56. The number of carbonyl (C=O) groups is 1. The molecule has 0 unspecified atom stereocenters. The normalized spacial score (nSPS) is 14.0. The number of aromatic nitrogens is 3. The van der Waals surface area contributed by atoms with Gasteiger partial charge < -0.3 is 5.73 Å². The van der Waals surface area contributed by atoms with Crippen molar-refractivity contribution in [1.29, 1.82) is 0 Å². The fourth-order valence-electron chi connectivity index (χ4n) is 3.24. The van der Waals surface area contributed by atoms with Crippen molar-refractivity contribution in [3.63, 3.8) is 0 Å². The maximum Gasteiger partial charge on any atom is 0.197 e. The average molecular weight is 397 g/mol. The summed E-state index contributed by atoms with van der Waals surface area (Å²) >= 11 is 1.43. The highest BCUT2D eigenvalue weighted by molar-refractivity contribution is 7.13. The number of carbonyl (C=O) groups excluding carboxylic acids is 1. The van der Waals surface area contributed by atoms with E-state index < -0.39 is 0 Å². The fourth-order valence-corrected chi connectivity index (χ4v) is 4.24. The van der Waals surface area contributed by atoms with Gasteiger partial charge in [0.05, 0.1) is 29.2 Å². The van der Waals surface area contributed by atoms with Gasteiger partial charge in [-0.1, -0.05) is 0 Å². The third-order valence-corrected chi connectivity index (χ3v) is 5.94. The minimum atomic E-state index is -0.372. The van der Waals surface area contributed by atoms with Gasteiger partial charge in [0.1, 0.15) is 6.67 Å². The first kappa shape index (κ1) is 18.6. The molecule has 0 aliphatic carbocycles. The van der Waals surface area contributed by atoms with Crippen LogP contribution in [-0.4, -0.2) is 45.4 Å². The number of hydrogen-bond acceptors (Lipinski definition) is 7. The minimum absolute atomic E-state index is 0.0977. The third kappa shape index (κ3) is 3.93. The average Bonchev–Trinajstić information content (AvgIpc) is 3.14. The summed E-state index contributed by atoms with van der Waals surface area (Å²) in [6.07, 6.45) is 4.32. The van der Waals surface area contributed by atoms with E-state index in [1.165, 1.54) is 11.3 Å². The molecule has 28 heavy (non-hydrogen) atoms. The van der Waals surface area contributed by atoms with Gasteiger partial charge in [-0.3, -0.25) is 19.7 Å². The quantitative estimate of drug-likeness (QED) is 0.644. The van der Waals surface area contributed by atoms with Crippen LogP contribution >= 0.6 is 11.3 Å². The summed E-state index contributed by atoms with van der Waals surface area (Å²) in [6.45, 7) is 1.43. The van der Waals surface area contributed by atoms with Crippen LogP contribution in [0.15, 0.2) is 36.7 Å². The van der Waals surface area contributed by atoms with Crippen molar-refractivity contribution >= 4 is 22.8 Å². The molecule has 8 heteroatoms. The Kier molecular flexibility index (Phi) is 5.40. The molecule has 0 bridgehead atoms. The van der Waals surface area contributed by atoms with E-state index >= 15 is 0 Å². The van der Waals surface area contributed by atoms with Gasteiger partial charge in [0.15, 0.2) is 10.8 Å². The van der Waals surface area contributed by atoms with Crippen LogP contribution in [0.4, 0.5) is 10.1 Å². The van der Waals surface area contributed by atoms with Crippen LogP contribution in [0.2, 0.25) is 0 Å². The van der Waals surface area contributed by atoms with Gasteiger partial charge in [0.2, 0.25) is 0 Å². The van der Waals surface area contributed by atoms with E-state index in [1.54, 1.807) is 18.5 Å². The molecule has 0 saturated carbocycles. The second-order valence-electron chi connectivity index (χ2n) is 6.68. The topological polar surface area (TPSA) is 85.0 Å². The number of thiazole rings is 1. The fraction of sp³-hybridized carbons (Fsp3) is 0.300. The molecule has 0 saturated heterocycles. The number of nitrogen functional groups attached to an aromatic ring is 1. The van der Waals surface area contributed by atoms with Gasteiger partial charge in [-0.2, -0.15) is 0 Å². The molecule has 144 valence electrons. The molecule has 2 N–H and O–H groups in total. The van der Waals surface area contributed by atoms with Gasteiger partial charge in [-0.25, -0.2) is 9.37 Å². The van der Waals surface area contributed by atoms with E-state index in [0.29, 0.717) is 29.5 Å². The Morgan fingerprint density at radius 1 is 1.29 bits per heavy atom. The Labute approximate surface area is 166 Å². The molecule has 0 spiro atoms. The number of pyridine rings is 2. The number of fused-ring (bicyclic) bond motifs is 1. The van der Waals surface area contributed by atoms with Crippen molar-refractivity contribution in [3.05, 3.63) is 57.9 Å². The Morgan fingerprint density at radius 3 is 2.96 bits per heavy atom. The molecule has 0 amide bonds. The Bertz CT molecular complexity index is 992. The molecule has 1 aliphatic heterocycles. The van der Waals surface area contributed by atoms with Gasteiger partial charge >= 0.3 is 0 Å². The zero-order chi connectivity index (χ0) is 19.5. The van der Waals surface area contributed by atoms with Crippen molar-refractivity contribution < 1.29 is 9.18 Å². The van der Waals surface area contributed by atoms with Gasteiger partial charge in [-0.05, 0) is 30.7 Å². The second kappa shape index (κ2) is 8.12. The van der Waals surface area contributed by atoms with Crippen LogP contribution in [0.3, 0.4) is 0 Å². The maximum atomic E-state index is 12.8. The number of halogens is 1. The number of rotatable bonds is 6. The summed E-state index contributed by atoms with van der Waals surface area (Å²) in [6, 6.07) is 7.33. The van der Waals surface area contributed by atoms with E-state index in [1.807, 2.05) is 23.1 Å². The number of nitrogens with two attached hydrogens (primary N) is 1. The molecule has 3 aromatic rings. The molecule has 0 aromatic carbocycles. The number of ketones is 1. The van der Waals surface area contributed by atoms with Crippen LogP contribution in [0.25, 0.3) is 11.3 Å². The van der Waals surface area contributed by atoms with E-state index in [4.69, 9.17) is 5.73 Å². The van der Waals surface area contributed by atoms with E-state index in [2.05, 4.69) is 15.0 Å². The molecule has 1 aliphatic rings. The minimum Gasteiger partial charge on any atom is -0.397 e. The third-order valence-electron chi connectivity index (χ3n) is 4.74. The number of hydrogen-bond donors (Lipinski definition) is 1. The molecule has 0 radical (unpaired) electrons. The lowest BCUT2D eigenvalue weighted by Gasteiger charge is -2.24. The molecule has 0 atom stereocenters. The lowest BCUT2D eigenvalue weighted by atomic mass is 10.1. The predicted octanol–water partition coefficient (Wildman–Crippen LogP) is 2.94. The smallest absolute Gasteiger partial charge is 0.197 e. The van der Waals surface area contributed by atoms with Crippen molar-refractivity contribution in [3.8, 4) is 11.3 Å². The summed E-state index contributed by atoms with van der Waals surface area (Å²) in [5.74, 6) is -0.0982. The van der Waals surface area contributed by atoms with E-state index in [9.17, 15) is 9.18 Å². The molecule has 4 rings (SSSR count). The summed E-state index contributed by atoms with van der Waals surface area (Å²) in [4.78, 5) is 29.1. The summed E-state index contributed by atoms with van der Waals surface area (Å²) in [5, 5.41) is 0.472. The van der Waals surface area contributed by atoms with Gasteiger partial charge in [0, 0.05) is 42.5 Å². The van der Waals surface area contributed by atoms with Crippen LogP contribution in [0.5, 0.6) is 0 Å². The summed E-state index contributed by atoms with van der Waals surface area (Å²) in [7, 11) is 0. The van der Waals surface area contributed by atoms with E-state index in [0.717, 1.165) is 34.8 Å². The molecule has 3 aromatic heterocycles. The molecular weight excluding hydrogens is 377 g/mol. The van der Waals surface area contributed by atoms with Crippen molar-refractivity contribution in [2.75, 3.05) is 25.5 Å². The first-order valence-electron chi connectivity index (χ1n) is 9.10. The van der Waals surface area contributed by atoms with Crippen LogP contribution in [-0.2, 0) is 19.4 Å². The molecule has 0 fully saturated rings. The number of anilines is 1. The van der Waals surface area contributed by atoms with Crippen LogP contribution < -0.4 is 5.73 Å². The Hall–Kier alpha value is -2.71. The van der Waals surface area contributed by atoms with Gasteiger partial charge in [-0.15, -0.1) is 11.3 Å². The second-order valence-corrected chi connectivity index (χ2v) is 7.76. The highest BCUT2D eigenvalue weighted by Crippen LogP contribution is 2.27. The van der Waals surface area contributed by atoms with Crippen molar-refractivity contribution in [2.24, 2.45) is 0 Å². The first-order valence-corrected chi connectivity index (χ1v) is 9.91. The Morgan fingerprint density at radius 2 is 2.18 bits per heavy atom. The van der Waals surface area contributed by atoms with Crippen LogP contribution in [0.1, 0.15) is 26.1 Å². The molecular formula is C20H20FN5OS. The van der Waals surface area contributed by atoms with Crippen LogP contribution in [0, 0.1) is 0 Å².